The number of amides is 1. The topological polar surface area (TPSA) is 100 Å². The van der Waals surface area contributed by atoms with Gasteiger partial charge >= 0.3 is 0 Å². The molecule has 0 fully saturated rings. The molecule has 2 aromatic carbocycles. The number of carbonyl (C=O) groups is 1. The van der Waals surface area contributed by atoms with E-state index in [0.717, 1.165) is 0 Å². The number of benzene rings is 2. The van der Waals surface area contributed by atoms with Gasteiger partial charge in [-0.3, -0.25) is 14.9 Å². The summed E-state index contributed by atoms with van der Waals surface area (Å²) in [6.07, 6.45) is -0.400. The van der Waals surface area contributed by atoms with E-state index in [9.17, 15) is 14.9 Å². The largest absolute Gasteiger partial charge is 0.493 e. The van der Waals surface area contributed by atoms with Gasteiger partial charge in [-0.25, -0.2) is 0 Å². The number of ether oxygens (including phenoxy) is 4. The van der Waals surface area contributed by atoms with E-state index in [4.69, 9.17) is 18.9 Å². The highest BCUT2D eigenvalue weighted by Gasteiger charge is 2.29. The molecule has 9 heteroatoms. The van der Waals surface area contributed by atoms with E-state index >= 15 is 0 Å². The van der Waals surface area contributed by atoms with Crippen LogP contribution in [-0.4, -0.2) is 56.3 Å². The zero-order chi connectivity index (χ0) is 20.3. The van der Waals surface area contributed by atoms with Gasteiger partial charge in [0, 0.05) is 13.1 Å². The standard InChI is InChI=1S/C19H20N2O7/c1-20(10-12-11-27-15-6-4-5-7-16(15)28-12)19(22)13-8-17(25-2)18(26-3)9-14(13)21(23)24/h4-9,12H,10-11H2,1-3H3/t12-/m1/s1. The Morgan fingerprint density at radius 3 is 2.50 bits per heavy atom. The third-order valence-electron chi connectivity index (χ3n) is 4.32. The molecule has 3 rings (SSSR count). The summed E-state index contributed by atoms with van der Waals surface area (Å²) in [5.41, 5.74) is -0.456. The minimum Gasteiger partial charge on any atom is -0.493 e. The fourth-order valence-corrected chi connectivity index (χ4v) is 2.94. The van der Waals surface area contributed by atoms with Crippen molar-refractivity contribution in [1.82, 2.24) is 4.90 Å². The molecule has 0 radical (unpaired) electrons. The average molecular weight is 388 g/mol. The molecule has 0 aliphatic carbocycles. The van der Waals surface area contributed by atoms with Crippen molar-refractivity contribution in [2.24, 2.45) is 0 Å². The van der Waals surface area contributed by atoms with Crippen LogP contribution >= 0.6 is 0 Å². The van der Waals surface area contributed by atoms with Gasteiger partial charge in [0.1, 0.15) is 12.2 Å². The molecule has 9 nitrogen and oxygen atoms in total. The van der Waals surface area contributed by atoms with Gasteiger partial charge in [0.2, 0.25) is 0 Å². The van der Waals surface area contributed by atoms with Crippen LogP contribution in [0.2, 0.25) is 0 Å². The SMILES string of the molecule is COc1cc(C(=O)N(C)C[C@@H]2COc3ccccc3O2)c([N+](=O)[O-])cc1OC. The Hall–Kier alpha value is -3.49. The summed E-state index contributed by atoms with van der Waals surface area (Å²) in [5, 5.41) is 11.4. The summed E-state index contributed by atoms with van der Waals surface area (Å²) in [6.45, 7) is 0.460. The zero-order valence-corrected chi connectivity index (χ0v) is 15.7. The number of nitro benzene ring substituents is 1. The van der Waals surface area contributed by atoms with Crippen molar-refractivity contribution in [2.75, 3.05) is 34.4 Å². The summed E-state index contributed by atoms with van der Waals surface area (Å²) >= 11 is 0. The Bertz CT molecular complexity index is 900. The normalized spacial score (nSPS) is 14.9. The molecule has 28 heavy (non-hydrogen) atoms. The summed E-state index contributed by atoms with van der Waals surface area (Å²) in [7, 11) is 4.31. The second kappa shape index (κ2) is 8.03. The van der Waals surface area contributed by atoms with Crippen molar-refractivity contribution >= 4 is 11.6 Å². The number of carbonyl (C=O) groups excluding carboxylic acids is 1. The smallest absolute Gasteiger partial charge is 0.286 e. The molecule has 1 amide bonds. The number of hydrogen-bond donors (Lipinski definition) is 0. The second-order valence-corrected chi connectivity index (χ2v) is 6.16. The number of rotatable bonds is 6. The number of nitrogens with zero attached hydrogens (tertiary/aromatic N) is 2. The molecule has 0 saturated carbocycles. The van der Waals surface area contributed by atoms with Gasteiger partial charge in [0.25, 0.3) is 11.6 Å². The first-order valence-electron chi connectivity index (χ1n) is 8.49. The lowest BCUT2D eigenvalue weighted by atomic mass is 10.1. The van der Waals surface area contributed by atoms with Crippen LogP contribution in [-0.2, 0) is 0 Å². The Morgan fingerprint density at radius 1 is 1.21 bits per heavy atom. The molecule has 0 saturated heterocycles. The van der Waals surface area contributed by atoms with Crippen molar-refractivity contribution in [1.29, 1.82) is 0 Å². The van der Waals surface area contributed by atoms with E-state index in [0.29, 0.717) is 11.5 Å². The van der Waals surface area contributed by atoms with E-state index < -0.39 is 16.9 Å². The number of para-hydroxylation sites is 2. The van der Waals surface area contributed by atoms with Gasteiger partial charge in [-0.2, -0.15) is 0 Å². The number of nitro groups is 1. The van der Waals surface area contributed by atoms with Crippen molar-refractivity contribution in [2.45, 2.75) is 6.10 Å². The average Bonchev–Trinajstić information content (AvgIpc) is 2.71. The molecular formula is C19H20N2O7. The Balaban J connectivity index is 1.80. The van der Waals surface area contributed by atoms with Gasteiger partial charge < -0.3 is 23.8 Å². The van der Waals surface area contributed by atoms with Crippen molar-refractivity contribution in [3.05, 3.63) is 52.1 Å². The number of hydrogen-bond acceptors (Lipinski definition) is 7. The van der Waals surface area contributed by atoms with Crippen LogP contribution in [0.5, 0.6) is 23.0 Å². The summed E-state index contributed by atoms with van der Waals surface area (Å²) < 4.78 is 21.7. The molecule has 1 heterocycles. The highest BCUT2D eigenvalue weighted by atomic mass is 16.6. The fraction of sp³-hybridized carbons (Fsp3) is 0.316. The molecule has 0 spiro atoms. The maximum atomic E-state index is 12.9. The van der Waals surface area contributed by atoms with Gasteiger partial charge in [-0.15, -0.1) is 0 Å². The first-order chi connectivity index (χ1) is 13.4. The number of likely N-dealkylation sites (N-methyl/N-ethyl adjacent to an activating group) is 1. The first-order valence-corrected chi connectivity index (χ1v) is 8.49. The van der Waals surface area contributed by atoms with Crippen LogP contribution in [0, 0.1) is 10.1 Å². The van der Waals surface area contributed by atoms with Crippen molar-refractivity contribution in [3.63, 3.8) is 0 Å². The first kappa shape index (κ1) is 19.3. The van der Waals surface area contributed by atoms with Gasteiger partial charge in [-0.1, -0.05) is 12.1 Å². The molecule has 148 valence electrons. The highest BCUT2D eigenvalue weighted by molar-refractivity contribution is 5.99. The molecule has 1 aliphatic heterocycles. The van der Waals surface area contributed by atoms with E-state index in [1.165, 1.54) is 31.3 Å². The minimum absolute atomic E-state index is 0.0951. The number of fused-ring (bicyclic) bond motifs is 1. The third kappa shape index (κ3) is 3.78. The predicted octanol–water partition coefficient (Wildman–Crippen LogP) is 2.52. The molecular weight excluding hydrogens is 368 g/mol. The molecule has 0 unspecified atom stereocenters. The van der Waals surface area contributed by atoms with Gasteiger partial charge in [-0.05, 0) is 12.1 Å². The summed E-state index contributed by atoms with van der Waals surface area (Å²) in [4.78, 5) is 25.1. The Morgan fingerprint density at radius 2 is 1.86 bits per heavy atom. The lowest BCUT2D eigenvalue weighted by molar-refractivity contribution is -0.385. The minimum atomic E-state index is -0.625. The zero-order valence-electron chi connectivity index (χ0n) is 15.7. The van der Waals surface area contributed by atoms with Gasteiger partial charge in [0.05, 0.1) is 31.8 Å². The van der Waals surface area contributed by atoms with Crippen LogP contribution in [0.4, 0.5) is 5.69 Å². The van der Waals surface area contributed by atoms with Crippen LogP contribution in [0.1, 0.15) is 10.4 Å². The third-order valence-corrected chi connectivity index (χ3v) is 4.32. The van der Waals surface area contributed by atoms with E-state index in [-0.39, 0.29) is 35.9 Å². The lowest BCUT2D eigenvalue weighted by Gasteiger charge is -2.29. The molecule has 1 aliphatic rings. The molecule has 2 aromatic rings. The molecule has 0 aromatic heterocycles. The van der Waals surface area contributed by atoms with E-state index in [2.05, 4.69) is 0 Å². The van der Waals surface area contributed by atoms with Crippen LogP contribution in [0.3, 0.4) is 0 Å². The van der Waals surface area contributed by atoms with Crippen LogP contribution in [0.15, 0.2) is 36.4 Å². The van der Waals surface area contributed by atoms with Crippen LogP contribution < -0.4 is 18.9 Å². The summed E-state index contributed by atoms with van der Waals surface area (Å²) in [5.74, 6) is 1.11. The van der Waals surface area contributed by atoms with E-state index in [1.54, 1.807) is 19.2 Å². The monoisotopic (exact) mass is 388 g/mol. The molecule has 0 bridgehead atoms. The molecule has 0 N–H and O–H groups in total. The second-order valence-electron chi connectivity index (χ2n) is 6.16. The van der Waals surface area contributed by atoms with Gasteiger partial charge in [0.15, 0.2) is 29.1 Å². The Labute approximate surface area is 161 Å². The maximum absolute atomic E-state index is 12.9. The highest BCUT2D eigenvalue weighted by Crippen LogP contribution is 2.35. The summed E-state index contributed by atoms with van der Waals surface area (Å²) in [6, 6.07) is 9.73. The van der Waals surface area contributed by atoms with Crippen LogP contribution in [0.25, 0.3) is 0 Å². The lowest BCUT2D eigenvalue weighted by Crippen LogP contribution is -2.41. The van der Waals surface area contributed by atoms with E-state index in [1.807, 2.05) is 12.1 Å². The van der Waals surface area contributed by atoms with Crippen molar-refractivity contribution < 1.29 is 28.7 Å². The predicted molar refractivity (Wildman–Crippen MR) is 99.5 cm³/mol. The van der Waals surface area contributed by atoms with Crippen molar-refractivity contribution in [3.8, 4) is 23.0 Å². The number of methoxy groups -OCH3 is 2. The maximum Gasteiger partial charge on any atom is 0.286 e. The fourth-order valence-electron chi connectivity index (χ4n) is 2.94. The Kier molecular flexibility index (Phi) is 5.53. The molecule has 1 atom stereocenters. The quantitative estimate of drug-likeness (QED) is 0.554.